The van der Waals surface area contributed by atoms with Crippen molar-refractivity contribution in [3.63, 3.8) is 0 Å². The smallest absolute Gasteiger partial charge is 0.410 e. The molecule has 2 aliphatic rings. The van der Waals surface area contributed by atoms with Crippen LogP contribution in [0.2, 0.25) is 19.6 Å². The lowest BCUT2D eigenvalue weighted by molar-refractivity contribution is 0.0138. The number of fused-ring (bicyclic) bond motifs is 2. The summed E-state index contributed by atoms with van der Waals surface area (Å²) in [7, 11) is -1.69. The van der Waals surface area contributed by atoms with Gasteiger partial charge in [0.05, 0.1) is 27.6 Å². The van der Waals surface area contributed by atoms with Crippen LogP contribution in [0.4, 0.5) is 9.18 Å². The highest BCUT2D eigenvalue weighted by Crippen LogP contribution is 2.46. The molecule has 0 spiro atoms. The first kappa shape index (κ1) is 26.5. The molecule has 0 saturated carbocycles. The summed E-state index contributed by atoms with van der Waals surface area (Å²) in [6.45, 7) is 12.8. The highest BCUT2D eigenvalue weighted by molar-refractivity contribution is 7.24. The number of halogens is 1. The van der Waals surface area contributed by atoms with Gasteiger partial charge in [-0.15, -0.1) is 11.3 Å². The van der Waals surface area contributed by atoms with Crippen molar-refractivity contribution in [2.75, 3.05) is 13.1 Å². The van der Waals surface area contributed by atoms with Crippen molar-refractivity contribution in [3.05, 3.63) is 64.2 Å². The fourth-order valence-corrected chi connectivity index (χ4v) is 7.67. The Kier molecular flexibility index (Phi) is 6.46. The van der Waals surface area contributed by atoms with E-state index in [-0.39, 0.29) is 18.1 Å². The molecule has 1 fully saturated rings. The Labute approximate surface area is 227 Å². The fraction of sp³-hybridized carbons (Fsp3) is 0.429. The first-order chi connectivity index (χ1) is 17.8. The van der Waals surface area contributed by atoms with E-state index >= 15 is 0 Å². The number of hydrogen-bond acceptors (Lipinski definition) is 6. The molecule has 1 saturated heterocycles. The van der Waals surface area contributed by atoms with Gasteiger partial charge in [-0.25, -0.2) is 18.9 Å². The topological polar surface area (TPSA) is 77.3 Å². The molecule has 38 heavy (non-hydrogen) atoms. The lowest BCUT2D eigenvalue weighted by Gasteiger charge is -2.45. The third kappa shape index (κ3) is 4.87. The van der Waals surface area contributed by atoms with Gasteiger partial charge in [0.15, 0.2) is 5.78 Å². The second-order valence-corrected chi connectivity index (χ2v) is 18.3. The number of piperidine rings is 1. The van der Waals surface area contributed by atoms with Gasteiger partial charge >= 0.3 is 6.09 Å². The monoisotopic (exact) mass is 552 g/mol. The van der Waals surface area contributed by atoms with Crippen LogP contribution in [0.15, 0.2) is 41.4 Å². The van der Waals surface area contributed by atoms with Crippen molar-refractivity contribution in [1.29, 1.82) is 0 Å². The Hall–Kier alpha value is -3.11. The Balaban J connectivity index is 1.57. The number of Topliss-reactive ketones (excluding diaryl/α,β-unsaturated/α-hetero) is 1. The largest absolute Gasteiger partial charge is 0.444 e. The number of ketones is 1. The minimum Gasteiger partial charge on any atom is -0.444 e. The summed E-state index contributed by atoms with van der Waals surface area (Å²) in [6, 6.07) is 6.19. The minimum absolute atomic E-state index is 0.0714. The molecule has 0 unspecified atom stereocenters. The third-order valence-electron chi connectivity index (χ3n) is 6.95. The molecule has 1 aliphatic heterocycles. The number of ether oxygens (including phenoxy) is 1. The predicted octanol–water partition coefficient (Wildman–Crippen LogP) is 5.46. The van der Waals surface area contributed by atoms with Crippen LogP contribution in [0.3, 0.4) is 0 Å². The Bertz CT molecular complexity index is 1430. The number of likely N-dealkylation sites (tertiary alicyclic amines) is 1. The molecule has 3 aromatic rings. The maximum Gasteiger partial charge on any atom is 0.410 e. The Morgan fingerprint density at radius 1 is 1.16 bits per heavy atom. The van der Waals surface area contributed by atoms with Gasteiger partial charge in [0.25, 0.3) is 0 Å². The van der Waals surface area contributed by atoms with Crippen molar-refractivity contribution in [2.45, 2.75) is 58.9 Å². The van der Waals surface area contributed by atoms with E-state index in [0.29, 0.717) is 25.1 Å². The van der Waals surface area contributed by atoms with Crippen LogP contribution in [-0.2, 0) is 11.2 Å². The van der Waals surface area contributed by atoms with E-state index in [0.717, 1.165) is 27.1 Å². The van der Waals surface area contributed by atoms with E-state index in [1.165, 1.54) is 12.1 Å². The van der Waals surface area contributed by atoms with Gasteiger partial charge < -0.3 is 9.64 Å². The van der Waals surface area contributed by atoms with Gasteiger partial charge in [-0.2, -0.15) is 5.10 Å². The second-order valence-electron chi connectivity index (χ2n) is 12.1. The van der Waals surface area contributed by atoms with E-state index < -0.39 is 25.2 Å². The van der Waals surface area contributed by atoms with Crippen LogP contribution >= 0.6 is 11.3 Å². The lowest BCUT2D eigenvalue weighted by Crippen LogP contribution is -2.54. The number of thiazole rings is 1. The fourth-order valence-electron chi connectivity index (χ4n) is 5.09. The summed E-state index contributed by atoms with van der Waals surface area (Å²) < 4.78 is 22.0. The molecule has 1 aliphatic carbocycles. The number of benzene rings is 1. The zero-order chi connectivity index (χ0) is 27.5. The van der Waals surface area contributed by atoms with Crippen LogP contribution in [0, 0.1) is 11.2 Å². The summed E-state index contributed by atoms with van der Waals surface area (Å²) in [6.07, 6.45) is 4.31. The van der Waals surface area contributed by atoms with Crippen LogP contribution in [-0.4, -0.2) is 58.3 Å². The van der Waals surface area contributed by atoms with E-state index in [2.05, 4.69) is 24.7 Å². The summed E-state index contributed by atoms with van der Waals surface area (Å²) >= 11 is 1.55. The molecule has 0 N–H and O–H groups in total. The molecule has 1 aromatic carbocycles. The average molecular weight is 553 g/mol. The normalized spacial score (nSPS) is 19.4. The SMILES string of the molecule is CC(C)(C)OC(=O)N1CCC2=Cc3c(cnn3-c3ccc(F)cc3)C[C@]2(C(=O)c2csc([Si](C)(C)C)n2)C1. The van der Waals surface area contributed by atoms with E-state index in [1.807, 2.05) is 32.2 Å². The molecule has 7 nitrogen and oxygen atoms in total. The Morgan fingerprint density at radius 2 is 1.87 bits per heavy atom. The van der Waals surface area contributed by atoms with Crippen molar-refractivity contribution in [2.24, 2.45) is 5.41 Å². The first-order valence-electron chi connectivity index (χ1n) is 12.8. The highest BCUT2D eigenvalue weighted by Gasteiger charge is 2.51. The van der Waals surface area contributed by atoms with Crippen molar-refractivity contribution in [3.8, 4) is 5.69 Å². The number of aromatic nitrogens is 3. The number of amides is 1. The first-order valence-corrected chi connectivity index (χ1v) is 17.2. The van der Waals surface area contributed by atoms with Gasteiger partial charge in [0.1, 0.15) is 25.2 Å². The molecule has 1 atom stereocenters. The standard InChI is InChI=1S/C28H33FN4O3SSi/c1-27(2,3)36-26(35)32-12-11-19-13-23-18(15-30-33(23)21-9-7-20(29)8-10-21)14-28(19,17-32)24(34)22-16-37-25(31-22)38(4,5)6/h7-10,13,15-16H,11-12,14,17H2,1-6H3/t28-/m0/s1. The maximum atomic E-state index is 14.3. The molecule has 0 radical (unpaired) electrons. The molecule has 2 aromatic heterocycles. The van der Waals surface area contributed by atoms with Crippen LogP contribution < -0.4 is 4.63 Å². The average Bonchev–Trinajstić information content (AvgIpc) is 3.48. The molecule has 5 rings (SSSR count). The van der Waals surface area contributed by atoms with Crippen molar-refractivity contribution < 1.29 is 18.7 Å². The molecule has 200 valence electrons. The van der Waals surface area contributed by atoms with Crippen LogP contribution in [0.5, 0.6) is 0 Å². The minimum atomic E-state index is -1.69. The zero-order valence-electron chi connectivity index (χ0n) is 22.7. The number of carbonyl (C=O) groups excluding carboxylic acids is 2. The van der Waals surface area contributed by atoms with Gasteiger partial charge in [0.2, 0.25) is 0 Å². The number of nitrogens with zero attached hydrogens (tertiary/aromatic N) is 4. The van der Waals surface area contributed by atoms with Gasteiger partial charge in [-0.3, -0.25) is 4.79 Å². The lowest BCUT2D eigenvalue weighted by atomic mass is 9.65. The predicted molar refractivity (Wildman–Crippen MR) is 149 cm³/mol. The van der Waals surface area contributed by atoms with Crippen molar-refractivity contribution in [1.82, 2.24) is 19.7 Å². The molecule has 3 heterocycles. The molecular formula is C28H33FN4O3SSi. The van der Waals surface area contributed by atoms with Gasteiger partial charge in [-0.1, -0.05) is 25.2 Å². The molecular weight excluding hydrogens is 519 g/mol. The summed E-state index contributed by atoms with van der Waals surface area (Å²) in [4.78, 5) is 33.9. The Morgan fingerprint density at radius 3 is 2.50 bits per heavy atom. The van der Waals surface area contributed by atoms with Crippen LogP contribution in [0.25, 0.3) is 11.8 Å². The quantitative estimate of drug-likeness (QED) is 0.317. The summed E-state index contributed by atoms with van der Waals surface area (Å²) in [5.74, 6) is -0.383. The maximum absolute atomic E-state index is 14.3. The van der Waals surface area contributed by atoms with E-state index in [9.17, 15) is 14.0 Å². The highest BCUT2D eigenvalue weighted by atomic mass is 32.1. The van der Waals surface area contributed by atoms with Crippen molar-refractivity contribution >= 4 is 42.0 Å². The second kappa shape index (κ2) is 9.27. The summed E-state index contributed by atoms with van der Waals surface area (Å²) in [5.41, 5.74) is 2.35. The summed E-state index contributed by atoms with van der Waals surface area (Å²) in [5, 5.41) is 6.45. The molecule has 10 heteroatoms. The number of hydrogen-bond donors (Lipinski definition) is 0. The third-order valence-corrected chi connectivity index (χ3v) is 11.2. The number of carbonyl (C=O) groups is 2. The molecule has 1 amide bonds. The van der Waals surface area contributed by atoms with Crippen LogP contribution in [0.1, 0.15) is 48.9 Å². The van der Waals surface area contributed by atoms with Gasteiger partial charge in [0, 0.05) is 18.5 Å². The van der Waals surface area contributed by atoms with Gasteiger partial charge in [-0.05, 0) is 69.5 Å². The number of rotatable bonds is 4. The zero-order valence-corrected chi connectivity index (χ0v) is 24.5. The van der Waals surface area contributed by atoms with E-state index in [4.69, 9.17) is 9.72 Å². The van der Waals surface area contributed by atoms with E-state index in [1.54, 1.807) is 39.2 Å². The molecule has 0 bridgehead atoms.